The molecule has 0 amide bonds. The fourth-order valence-electron chi connectivity index (χ4n) is 7.48. The average molecular weight is 828 g/mol. The highest BCUT2D eigenvalue weighted by molar-refractivity contribution is 9.09. The molecule has 280 valence electrons. The van der Waals surface area contributed by atoms with Gasteiger partial charge in [-0.1, -0.05) is 196 Å². The SMILES string of the molecule is Cc1ccc(S(=O)C[C@H](O[Si](c2ccccc2)(c2ccccc2)C(C)(C)C)[C@](C)(O)[C@@H](Br)CO[Si](c2ccccc2)(c2ccccc2)C(C)(C)C)cc1. The van der Waals surface area contributed by atoms with Gasteiger partial charge in [0, 0.05) is 4.90 Å². The van der Waals surface area contributed by atoms with Gasteiger partial charge < -0.3 is 14.0 Å². The molecule has 5 aromatic carbocycles. The van der Waals surface area contributed by atoms with Gasteiger partial charge in [-0.2, -0.15) is 0 Å². The highest BCUT2D eigenvalue weighted by Gasteiger charge is 2.56. The molecule has 1 N–H and O–H groups in total. The quantitative estimate of drug-likeness (QED) is 0.0909. The Hall–Kier alpha value is -2.96. The maximum atomic E-state index is 14.4. The first-order chi connectivity index (χ1) is 25.0. The minimum atomic E-state index is -3.19. The van der Waals surface area contributed by atoms with E-state index in [-0.39, 0.29) is 22.4 Å². The number of halogens is 1. The largest absolute Gasteiger partial charge is 0.406 e. The molecule has 8 heteroatoms. The Labute approximate surface area is 330 Å². The van der Waals surface area contributed by atoms with Crippen LogP contribution in [0, 0.1) is 6.92 Å². The zero-order valence-corrected chi connectivity index (χ0v) is 36.8. The number of hydrogen-bond donors (Lipinski definition) is 1. The van der Waals surface area contributed by atoms with Crippen LogP contribution in [0.15, 0.2) is 150 Å². The summed E-state index contributed by atoms with van der Waals surface area (Å²) >= 11 is 3.97. The van der Waals surface area contributed by atoms with Crippen molar-refractivity contribution >= 4 is 64.1 Å². The van der Waals surface area contributed by atoms with Gasteiger partial charge in [0.25, 0.3) is 16.6 Å². The topological polar surface area (TPSA) is 55.8 Å². The Morgan fingerprint density at radius 2 is 0.962 bits per heavy atom. The summed E-state index contributed by atoms with van der Waals surface area (Å²) in [6.45, 7) is 17.5. The van der Waals surface area contributed by atoms with E-state index in [0.29, 0.717) is 4.90 Å². The zero-order chi connectivity index (χ0) is 38.5. The van der Waals surface area contributed by atoms with Crippen LogP contribution < -0.4 is 20.7 Å². The van der Waals surface area contributed by atoms with Crippen LogP contribution in [0.5, 0.6) is 0 Å². The minimum absolute atomic E-state index is 0.0991. The van der Waals surface area contributed by atoms with Gasteiger partial charge in [-0.05, 0) is 56.8 Å². The first-order valence-corrected chi connectivity index (χ1v) is 24.4. The molecule has 5 rings (SSSR count). The summed E-state index contributed by atoms with van der Waals surface area (Å²) in [5, 5.41) is 16.9. The Bertz CT molecular complexity index is 1830. The molecular weight excluding hydrogens is 773 g/mol. The van der Waals surface area contributed by atoms with Gasteiger partial charge in [-0.3, -0.25) is 4.21 Å². The lowest BCUT2D eigenvalue weighted by Gasteiger charge is -2.49. The van der Waals surface area contributed by atoms with Crippen LogP contribution in [0.2, 0.25) is 10.1 Å². The van der Waals surface area contributed by atoms with E-state index in [1.165, 1.54) is 10.4 Å². The molecule has 0 radical (unpaired) electrons. The molecule has 0 aliphatic heterocycles. The van der Waals surface area contributed by atoms with Crippen LogP contribution in [0.3, 0.4) is 0 Å². The second-order valence-electron chi connectivity index (χ2n) is 16.3. The van der Waals surface area contributed by atoms with Crippen LogP contribution in [-0.4, -0.2) is 54.8 Å². The van der Waals surface area contributed by atoms with Gasteiger partial charge >= 0.3 is 0 Å². The molecule has 0 aromatic heterocycles. The number of aryl methyl sites for hydroxylation is 1. The molecule has 4 atom stereocenters. The zero-order valence-electron chi connectivity index (χ0n) is 32.4. The predicted molar refractivity (Wildman–Crippen MR) is 232 cm³/mol. The summed E-state index contributed by atoms with van der Waals surface area (Å²) in [4.78, 5) is 0.131. The fraction of sp³-hybridized carbons (Fsp3) is 0.333. The highest BCUT2D eigenvalue weighted by Crippen LogP contribution is 2.41. The van der Waals surface area contributed by atoms with E-state index in [9.17, 15) is 9.32 Å². The minimum Gasteiger partial charge on any atom is -0.406 e. The van der Waals surface area contributed by atoms with Gasteiger partial charge in [0.1, 0.15) is 5.60 Å². The number of aliphatic hydroxyl groups is 1. The molecule has 1 unspecified atom stereocenters. The molecule has 0 heterocycles. The summed E-state index contributed by atoms with van der Waals surface area (Å²) in [7, 11) is -7.59. The summed E-state index contributed by atoms with van der Waals surface area (Å²) in [5.74, 6) is 0.0991. The predicted octanol–water partition coefficient (Wildman–Crippen LogP) is 8.14. The number of alkyl halides is 1. The Morgan fingerprint density at radius 1 is 0.604 bits per heavy atom. The first kappa shape index (κ1) is 41.2. The van der Waals surface area contributed by atoms with E-state index in [2.05, 4.69) is 155 Å². The van der Waals surface area contributed by atoms with Crippen LogP contribution >= 0.6 is 15.9 Å². The maximum absolute atomic E-state index is 14.4. The molecule has 53 heavy (non-hydrogen) atoms. The molecule has 4 nitrogen and oxygen atoms in total. The third kappa shape index (κ3) is 8.65. The molecule has 0 saturated heterocycles. The van der Waals surface area contributed by atoms with Gasteiger partial charge in [0.15, 0.2) is 0 Å². The molecule has 0 aliphatic rings. The second kappa shape index (κ2) is 16.8. The summed E-state index contributed by atoms with van der Waals surface area (Å²) in [5.41, 5.74) is -0.419. The Morgan fingerprint density at radius 3 is 1.32 bits per heavy atom. The van der Waals surface area contributed by atoms with E-state index in [1.54, 1.807) is 0 Å². The normalized spacial score (nSPS) is 15.7. The first-order valence-electron chi connectivity index (χ1n) is 18.4. The van der Waals surface area contributed by atoms with Crippen LogP contribution in [0.1, 0.15) is 54.0 Å². The standard InChI is InChI=1S/C45H55BrO4SSi2/c1-35-29-31-36(32-30-35)51(48)34-42(50-53(44(5,6)7,39-25-17-11-18-26-39)40-27-19-12-20-28-40)45(8,47)41(46)33-49-52(43(2,3)4,37-21-13-9-14-22-37)38-23-15-10-16-24-38/h9-32,41-42,47H,33-34H2,1-8H3/t41-,42-,45+,51?/m0/s1. The van der Waals surface area contributed by atoms with Crippen molar-refractivity contribution in [1.82, 2.24) is 0 Å². The van der Waals surface area contributed by atoms with Gasteiger partial charge in [0.05, 0.1) is 34.1 Å². The lowest BCUT2D eigenvalue weighted by Crippen LogP contribution is -2.71. The smallest absolute Gasteiger partial charge is 0.261 e. The Balaban J connectivity index is 1.63. The third-order valence-corrected chi connectivity index (χ3v) is 23.1. The van der Waals surface area contributed by atoms with E-state index >= 15 is 0 Å². The molecule has 0 bridgehead atoms. The summed E-state index contributed by atoms with van der Waals surface area (Å²) < 4.78 is 29.4. The van der Waals surface area contributed by atoms with Crippen LogP contribution in [-0.2, 0) is 19.7 Å². The van der Waals surface area contributed by atoms with Crippen molar-refractivity contribution in [3.63, 3.8) is 0 Å². The van der Waals surface area contributed by atoms with E-state index in [1.807, 2.05) is 62.4 Å². The average Bonchev–Trinajstić information content (AvgIpc) is 3.14. The monoisotopic (exact) mass is 826 g/mol. The Kier molecular flexibility index (Phi) is 13.1. The fourth-order valence-corrected chi connectivity index (χ4v) is 18.9. The summed E-state index contributed by atoms with van der Waals surface area (Å²) in [6, 6.07) is 49.7. The second-order valence-corrected chi connectivity index (χ2v) is 27.4. The van der Waals surface area contributed by atoms with Crippen molar-refractivity contribution < 1.29 is 18.2 Å². The van der Waals surface area contributed by atoms with Gasteiger partial charge in [-0.25, -0.2) is 0 Å². The lowest BCUT2D eigenvalue weighted by atomic mass is 9.97. The van der Waals surface area contributed by atoms with Crippen molar-refractivity contribution in [1.29, 1.82) is 0 Å². The molecule has 0 spiro atoms. The maximum Gasteiger partial charge on any atom is 0.261 e. The molecule has 5 aromatic rings. The van der Waals surface area contributed by atoms with Crippen molar-refractivity contribution in [3.8, 4) is 0 Å². The van der Waals surface area contributed by atoms with Crippen molar-refractivity contribution in [2.75, 3.05) is 12.4 Å². The van der Waals surface area contributed by atoms with Crippen molar-refractivity contribution in [3.05, 3.63) is 151 Å². The molecule has 0 saturated carbocycles. The third-order valence-electron chi connectivity index (χ3n) is 10.5. The molecular formula is C45H55BrO4SSi2. The number of benzene rings is 5. The van der Waals surface area contributed by atoms with E-state index in [4.69, 9.17) is 8.85 Å². The lowest BCUT2D eigenvalue weighted by molar-refractivity contribution is -0.0478. The summed E-state index contributed by atoms with van der Waals surface area (Å²) in [6.07, 6.45) is -0.844. The van der Waals surface area contributed by atoms with Crippen molar-refractivity contribution in [2.24, 2.45) is 0 Å². The van der Waals surface area contributed by atoms with Crippen molar-refractivity contribution in [2.45, 2.75) is 86.9 Å². The van der Waals surface area contributed by atoms with Gasteiger partial charge in [0.2, 0.25) is 0 Å². The molecule has 0 fully saturated rings. The van der Waals surface area contributed by atoms with Crippen LogP contribution in [0.4, 0.5) is 0 Å². The number of rotatable bonds is 14. The highest BCUT2D eigenvalue weighted by atomic mass is 79.9. The number of hydrogen-bond acceptors (Lipinski definition) is 4. The van der Waals surface area contributed by atoms with E-state index < -0.39 is 44.0 Å². The van der Waals surface area contributed by atoms with E-state index in [0.717, 1.165) is 15.9 Å². The molecule has 0 aliphatic carbocycles. The van der Waals surface area contributed by atoms with Gasteiger partial charge in [-0.15, -0.1) is 0 Å². The van der Waals surface area contributed by atoms with Crippen LogP contribution in [0.25, 0.3) is 0 Å².